The standard InChI is InChI=1S/C12H15F3N2O2/c1-16-9-4-2-3-8(5-9)6-10(11(18)19)17-7-12(13,14)15/h2-5,10,16-17H,6-7H2,1H3,(H,18,19). The van der Waals surface area contributed by atoms with E-state index in [1.165, 1.54) is 0 Å². The molecule has 1 aromatic carbocycles. The first-order chi connectivity index (χ1) is 8.81. The van der Waals surface area contributed by atoms with Gasteiger partial charge in [0, 0.05) is 12.7 Å². The van der Waals surface area contributed by atoms with Gasteiger partial charge in [0.2, 0.25) is 0 Å². The van der Waals surface area contributed by atoms with E-state index in [1.54, 1.807) is 31.3 Å². The van der Waals surface area contributed by atoms with Crippen LogP contribution in [0.3, 0.4) is 0 Å². The maximum atomic E-state index is 12.1. The molecule has 0 aromatic heterocycles. The monoisotopic (exact) mass is 276 g/mol. The molecule has 3 N–H and O–H groups in total. The quantitative estimate of drug-likeness (QED) is 0.742. The number of alkyl halides is 3. The third-order valence-corrected chi connectivity index (χ3v) is 2.50. The van der Waals surface area contributed by atoms with Gasteiger partial charge in [0.05, 0.1) is 6.54 Å². The van der Waals surface area contributed by atoms with Crippen LogP contribution in [-0.2, 0) is 11.2 Å². The van der Waals surface area contributed by atoms with Gasteiger partial charge in [-0.2, -0.15) is 13.2 Å². The Bertz CT molecular complexity index is 435. The van der Waals surface area contributed by atoms with Crippen LogP contribution in [-0.4, -0.2) is 36.9 Å². The zero-order valence-corrected chi connectivity index (χ0v) is 10.3. The molecule has 0 spiro atoms. The molecule has 4 nitrogen and oxygen atoms in total. The summed E-state index contributed by atoms with van der Waals surface area (Å²) < 4.78 is 36.2. The van der Waals surface area contributed by atoms with E-state index in [0.717, 1.165) is 5.69 Å². The first-order valence-corrected chi connectivity index (χ1v) is 5.61. The lowest BCUT2D eigenvalue weighted by Crippen LogP contribution is -2.43. The molecule has 0 bridgehead atoms. The van der Waals surface area contributed by atoms with Crippen LogP contribution < -0.4 is 10.6 Å². The molecule has 0 fully saturated rings. The number of hydrogen-bond donors (Lipinski definition) is 3. The highest BCUT2D eigenvalue weighted by atomic mass is 19.4. The van der Waals surface area contributed by atoms with E-state index in [-0.39, 0.29) is 6.42 Å². The number of carboxylic acids is 1. The normalized spacial score (nSPS) is 13.1. The van der Waals surface area contributed by atoms with Crippen molar-refractivity contribution < 1.29 is 23.1 Å². The average molecular weight is 276 g/mol. The Morgan fingerprint density at radius 2 is 2.11 bits per heavy atom. The summed E-state index contributed by atoms with van der Waals surface area (Å²) in [6.07, 6.45) is -4.44. The number of carboxylic acid groups (broad SMARTS) is 1. The minimum absolute atomic E-state index is 0.0130. The van der Waals surface area contributed by atoms with Gasteiger partial charge < -0.3 is 10.4 Å². The fourth-order valence-corrected chi connectivity index (χ4v) is 1.58. The number of nitrogens with one attached hydrogen (secondary N) is 2. The van der Waals surface area contributed by atoms with Gasteiger partial charge in [-0.05, 0) is 24.1 Å². The van der Waals surface area contributed by atoms with E-state index >= 15 is 0 Å². The van der Waals surface area contributed by atoms with E-state index in [2.05, 4.69) is 5.32 Å². The summed E-state index contributed by atoms with van der Waals surface area (Å²) in [5.41, 5.74) is 1.42. The lowest BCUT2D eigenvalue weighted by Gasteiger charge is -2.16. The lowest BCUT2D eigenvalue weighted by atomic mass is 10.1. The summed E-state index contributed by atoms with van der Waals surface area (Å²) in [4.78, 5) is 10.9. The molecular formula is C12H15F3N2O2. The van der Waals surface area contributed by atoms with Crippen LogP contribution >= 0.6 is 0 Å². The van der Waals surface area contributed by atoms with Crippen molar-refractivity contribution in [2.75, 3.05) is 18.9 Å². The second-order valence-corrected chi connectivity index (χ2v) is 4.04. The maximum Gasteiger partial charge on any atom is 0.401 e. The highest BCUT2D eigenvalue weighted by Crippen LogP contribution is 2.15. The van der Waals surface area contributed by atoms with E-state index in [1.807, 2.05) is 5.32 Å². The van der Waals surface area contributed by atoms with E-state index in [4.69, 9.17) is 5.11 Å². The Balaban J connectivity index is 2.70. The number of anilines is 1. The number of aliphatic carboxylic acids is 1. The predicted octanol–water partition coefficient (Wildman–Crippen LogP) is 1.88. The molecule has 0 radical (unpaired) electrons. The van der Waals surface area contributed by atoms with Gasteiger partial charge in [0.15, 0.2) is 0 Å². The van der Waals surface area contributed by atoms with Gasteiger partial charge in [-0.15, -0.1) is 0 Å². The fourth-order valence-electron chi connectivity index (χ4n) is 1.58. The molecule has 19 heavy (non-hydrogen) atoms. The van der Waals surface area contributed by atoms with Gasteiger partial charge in [0.1, 0.15) is 6.04 Å². The fraction of sp³-hybridized carbons (Fsp3) is 0.417. The van der Waals surface area contributed by atoms with Crippen LogP contribution in [0.25, 0.3) is 0 Å². The Labute approximate surface area is 108 Å². The van der Waals surface area contributed by atoms with Crippen LogP contribution in [0.5, 0.6) is 0 Å². The molecule has 0 heterocycles. The third-order valence-electron chi connectivity index (χ3n) is 2.50. The molecule has 0 saturated carbocycles. The largest absolute Gasteiger partial charge is 0.480 e. The van der Waals surface area contributed by atoms with Gasteiger partial charge in [-0.1, -0.05) is 12.1 Å². The van der Waals surface area contributed by atoms with E-state index in [9.17, 15) is 18.0 Å². The smallest absolute Gasteiger partial charge is 0.401 e. The molecule has 106 valence electrons. The molecule has 1 atom stereocenters. The summed E-state index contributed by atoms with van der Waals surface area (Å²) in [6.45, 7) is -1.32. The van der Waals surface area contributed by atoms with Gasteiger partial charge in [0.25, 0.3) is 0 Å². The maximum absolute atomic E-state index is 12.1. The number of carbonyl (C=O) groups is 1. The molecule has 7 heteroatoms. The van der Waals surface area contributed by atoms with Crippen molar-refractivity contribution in [3.05, 3.63) is 29.8 Å². The lowest BCUT2D eigenvalue weighted by molar-refractivity contribution is -0.143. The Kier molecular flexibility index (Phi) is 5.17. The second kappa shape index (κ2) is 6.42. The van der Waals surface area contributed by atoms with Crippen molar-refractivity contribution >= 4 is 11.7 Å². The molecule has 0 amide bonds. The second-order valence-electron chi connectivity index (χ2n) is 4.04. The zero-order valence-electron chi connectivity index (χ0n) is 10.3. The third kappa shape index (κ3) is 5.60. The molecule has 1 aromatic rings. The highest BCUT2D eigenvalue weighted by molar-refractivity contribution is 5.74. The van der Waals surface area contributed by atoms with Crippen molar-refractivity contribution in [1.82, 2.24) is 5.32 Å². The Morgan fingerprint density at radius 1 is 1.42 bits per heavy atom. The van der Waals surface area contributed by atoms with Crippen molar-refractivity contribution in [3.8, 4) is 0 Å². The molecule has 0 aliphatic carbocycles. The summed E-state index contributed by atoms with van der Waals surface area (Å²) >= 11 is 0. The summed E-state index contributed by atoms with van der Waals surface area (Å²) in [7, 11) is 1.70. The molecule has 1 rings (SSSR count). The number of hydrogen-bond acceptors (Lipinski definition) is 3. The minimum Gasteiger partial charge on any atom is -0.480 e. The van der Waals surface area contributed by atoms with Gasteiger partial charge in [-0.25, -0.2) is 0 Å². The van der Waals surface area contributed by atoms with Gasteiger partial charge >= 0.3 is 12.1 Å². The SMILES string of the molecule is CNc1cccc(CC(NCC(F)(F)F)C(=O)O)c1. The van der Waals surface area contributed by atoms with Crippen LogP contribution in [0.15, 0.2) is 24.3 Å². The van der Waals surface area contributed by atoms with Crippen molar-refractivity contribution in [2.24, 2.45) is 0 Å². The van der Waals surface area contributed by atoms with Gasteiger partial charge in [-0.3, -0.25) is 10.1 Å². The van der Waals surface area contributed by atoms with Crippen molar-refractivity contribution in [3.63, 3.8) is 0 Å². The highest BCUT2D eigenvalue weighted by Gasteiger charge is 2.30. The number of benzene rings is 1. The predicted molar refractivity (Wildman–Crippen MR) is 65.2 cm³/mol. The van der Waals surface area contributed by atoms with E-state index in [0.29, 0.717) is 5.56 Å². The molecule has 0 saturated heterocycles. The first-order valence-electron chi connectivity index (χ1n) is 5.61. The summed E-state index contributed by atoms with van der Waals surface area (Å²) in [5.74, 6) is -1.31. The van der Waals surface area contributed by atoms with Crippen molar-refractivity contribution in [1.29, 1.82) is 0 Å². The average Bonchev–Trinajstić information content (AvgIpc) is 2.33. The topological polar surface area (TPSA) is 61.4 Å². The zero-order chi connectivity index (χ0) is 14.5. The molecule has 0 aliphatic heterocycles. The number of rotatable bonds is 6. The first kappa shape index (κ1) is 15.3. The minimum atomic E-state index is -4.43. The van der Waals surface area contributed by atoms with E-state index < -0.39 is 24.7 Å². The summed E-state index contributed by atoms with van der Waals surface area (Å²) in [6, 6.07) is 5.59. The summed E-state index contributed by atoms with van der Waals surface area (Å²) in [5, 5.41) is 13.8. The van der Waals surface area contributed by atoms with Crippen LogP contribution in [0.1, 0.15) is 5.56 Å². The molecular weight excluding hydrogens is 261 g/mol. The number of halogens is 3. The molecule has 0 aliphatic rings. The van der Waals surface area contributed by atoms with Crippen molar-refractivity contribution in [2.45, 2.75) is 18.6 Å². The van der Waals surface area contributed by atoms with Crippen LogP contribution in [0.2, 0.25) is 0 Å². The molecule has 1 unspecified atom stereocenters. The Hall–Kier alpha value is -1.76. The van der Waals surface area contributed by atoms with Crippen LogP contribution in [0.4, 0.5) is 18.9 Å². The Morgan fingerprint density at radius 3 is 2.63 bits per heavy atom. The van der Waals surface area contributed by atoms with Crippen LogP contribution in [0, 0.1) is 0 Å².